The molecule has 5 nitrogen and oxygen atoms in total. The molecule has 2 aromatic heterocycles. The topological polar surface area (TPSA) is 67.5 Å². The summed E-state index contributed by atoms with van der Waals surface area (Å²) in [5.41, 5.74) is 3.55. The second-order valence-corrected chi connectivity index (χ2v) is 6.71. The van der Waals surface area contributed by atoms with Crippen molar-refractivity contribution < 1.29 is 14.9 Å². The minimum atomic E-state index is 0.0762. The van der Waals surface area contributed by atoms with Crippen LogP contribution in [0.3, 0.4) is 0 Å². The van der Waals surface area contributed by atoms with Crippen LogP contribution in [0.25, 0.3) is 15.3 Å². The summed E-state index contributed by atoms with van der Waals surface area (Å²) in [6.07, 6.45) is 3.36. The normalized spacial score (nSPS) is 13.9. The number of hydrogen-bond acceptors (Lipinski definition) is 5. The standard InChI is InChI=1S/C17H16N2O3S/c1-9-3-5-11-12(7-9)16(21)19(15(11)20)17-18-13-8-10(22-2)4-6-14(13)23-17/h3-4,6,8,20-21H,5,7H2,1-2H3. The molecule has 4 rings (SSSR count). The number of rotatable bonds is 2. The van der Waals surface area contributed by atoms with Gasteiger partial charge in [0.25, 0.3) is 0 Å². The highest BCUT2D eigenvalue weighted by Crippen LogP contribution is 2.42. The molecular weight excluding hydrogens is 312 g/mol. The summed E-state index contributed by atoms with van der Waals surface area (Å²) in [5, 5.41) is 21.7. The summed E-state index contributed by atoms with van der Waals surface area (Å²) >= 11 is 1.42. The van der Waals surface area contributed by atoms with Gasteiger partial charge in [0.05, 0.1) is 17.3 Å². The van der Waals surface area contributed by atoms with Crippen molar-refractivity contribution in [2.24, 2.45) is 0 Å². The summed E-state index contributed by atoms with van der Waals surface area (Å²) in [7, 11) is 1.61. The van der Waals surface area contributed by atoms with Crippen molar-refractivity contribution >= 4 is 21.6 Å². The average molecular weight is 328 g/mol. The Balaban J connectivity index is 1.88. The van der Waals surface area contributed by atoms with E-state index in [1.807, 2.05) is 25.1 Å². The molecule has 0 radical (unpaired) electrons. The quantitative estimate of drug-likeness (QED) is 0.706. The van der Waals surface area contributed by atoms with E-state index >= 15 is 0 Å². The SMILES string of the molecule is COc1ccc2sc(-n3c(O)c4c(c3O)CC(C)=CC4)nc2c1. The van der Waals surface area contributed by atoms with Crippen molar-refractivity contribution in [3.05, 3.63) is 41.0 Å². The first-order chi connectivity index (χ1) is 11.1. The van der Waals surface area contributed by atoms with Crippen molar-refractivity contribution in [2.45, 2.75) is 19.8 Å². The third kappa shape index (κ3) is 2.09. The first-order valence-corrected chi connectivity index (χ1v) is 8.15. The molecule has 2 heterocycles. The molecule has 0 bridgehead atoms. The molecule has 1 aliphatic rings. The lowest BCUT2D eigenvalue weighted by molar-refractivity contribution is 0.399. The molecule has 0 atom stereocenters. The van der Waals surface area contributed by atoms with Gasteiger partial charge in [-0.25, -0.2) is 9.55 Å². The summed E-state index contributed by atoms with van der Waals surface area (Å²) in [6.45, 7) is 2.03. The lowest BCUT2D eigenvalue weighted by atomic mass is 9.96. The van der Waals surface area contributed by atoms with Crippen molar-refractivity contribution in [3.8, 4) is 22.6 Å². The molecular formula is C17H16N2O3S. The van der Waals surface area contributed by atoms with Gasteiger partial charge in [0.1, 0.15) is 5.75 Å². The predicted octanol–water partition coefficient (Wildman–Crippen LogP) is 3.55. The highest BCUT2D eigenvalue weighted by atomic mass is 32.1. The number of aromatic hydroxyl groups is 2. The number of thiazole rings is 1. The van der Waals surface area contributed by atoms with Crippen molar-refractivity contribution in [1.29, 1.82) is 0 Å². The largest absolute Gasteiger partial charge is 0.497 e. The monoisotopic (exact) mass is 328 g/mol. The first kappa shape index (κ1) is 14.1. The number of aromatic nitrogens is 2. The Hall–Kier alpha value is -2.47. The van der Waals surface area contributed by atoms with E-state index < -0.39 is 0 Å². The Labute approximate surface area is 137 Å². The number of fused-ring (bicyclic) bond motifs is 2. The van der Waals surface area contributed by atoms with Gasteiger partial charge in [-0.3, -0.25) is 0 Å². The zero-order chi connectivity index (χ0) is 16.1. The van der Waals surface area contributed by atoms with Crippen LogP contribution in [0.15, 0.2) is 29.8 Å². The number of nitrogens with zero attached hydrogens (tertiary/aromatic N) is 2. The second-order valence-electron chi connectivity index (χ2n) is 5.70. The van der Waals surface area contributed by atoms with E-state index in [1.165, 1.54) is 21.5 Å². The van der Waals surface area contributed by atoms with Gasteiger partial charge in [-0.15, -0.1) is 0 Å². The van der Waals surface area contributed by atoms with Gasteiger partial charge in [0, 0.05) is 17.2 Å². The summed E-state index contributed by atoms with van der Waals surface area (Å²) in [6, 6.07) is 5.65. The van der Waals surface area contributed by atoms with Crippen LogP contribution < -0.4 is 4.74 Å². The first-order valence-electron chi connectivity index (χ1n) is 7.33. The predicted molar refractivity (Wildman–Crippen MR) is 90.0 cm³/mol. The molecule has 118 valence electrons. The smallest absolute Gasteiger partial charge is 0.204 e. The minimum Gasteiger partial charge on any atom is -0.497 e. The average Bonchev–Trinajstić information content (AvgIpc) is 3.06. The second kappa shape index (κ2) is 5.03. The van der Waals surface area contributed by atoms with Crippen LogP contribution in [0.2, 0.25) is 0 Å². The van der Waals surface area contributed by atoms with E-state index in [4.69, 9.17) is 4.74 Å². The van der Waals surface area contributed by atoms with Gasteiger partial charge in [-0.2, -0.15) is 0 Å². The minimum absolute atomic E-state index is 0.0762. The molecule has 3 aromatic rings. The Morgan fingerprint density at radius 3 is 2.78 bits per heavy atom. The molecule has 0 amide bonds. The molecule has 1 aliphatic carbocycles. The van der Waals surface area contributed by atoms with Crippen LogP contribution in [0.1, 0.15) is 18.1 Å². The Morgan fingerprint density at radius 2 is 2.00 bits per heavy atom. The summed E-state index contributed by atoms with van der Waals surface area (Å²) in [4.78, 5) is 4.54. The van der Waals surface area contributed by atoms with E-state index in [9.17, 15) is 10.2 Å². The lowest BCUT2D eigenvalue weighted by Crippen LogP contribution is -1.97. The zero-order valence-electron chi connectivity index (χ0n) is 12.8. The molecule has 0 saturated carbocycles. The van der Waals surface area contributed by atoms with Gasteiger partial charge in [0.2, 0.25) is 11.8 Å². The molecule has 1 aromatic carbocycles. The Kier molecular flexibility index (Phi) is 3.09. The van der Waals surface area contributed by atoms with E-state index in [0.717, 1.165) is 27.1 Å². The fourth-order valence-corrected chi connectivity index (χ4v) is 3.92. The maximum atomic E-state index is 10.6. The number of benzene rings is 1. The van der Waals surface area contributed by atoms with Gasteiger partial charge in [0.15, 0.2) is 5.13 Å². The molecule has 0 fully saturated rings. The highest BCUT2D eigenvalue weighted by Gasteiger charge is 2.26. The fraction of sp³-hybridized carbons (Fsp3) is 0.235. The highest BCUT2D eigenvalue weighted by molar-refractivity contribution is 7.20. The Morgan fingerprint density at radius 1 is 1.22 bits per heavy atom. The molecule has 23 heavy (non-hydrogen) atoms. The van der Waals surface area contributed by atoms with Gasteiger partial charge >= 0.3 is 0 Å². The van der Waals surface area contributed by atoms with Crippen LogP contribution in [0.5, 0.6) is 17.5 Å². The fourth-order valence-electron chi connectivity index (χ4n) is 2.97. The van der Waals surface area contributed by atoms with Crippen LogP contribution in [-0.2, 0) is 12.8 Å². The van der Waals surface area contributed by atoms with Crippen molar-refractivity contribution in [2.75, 3.05) is 7.11 Å². The lowest BCUT2D eigenvalue weighted by Gasteiger charge is -2.09. The molecule has 6 heteroatoms. The van der Waals surface area contributed by atoms with Crippen LogP contribution >= 0.6 is 11.3 Å². The Bertz CT molecular complexity index is 953. The van der Waals surface area contributed by atoms with Gasteiger partial charge < -0.3 is 14.9 Å². The van der Waals surface area contributed by atoms with Crippen LogP contribution in [-0.4, -0.2) is 26.9 Å². The maximum absolute atomic E-state index is 10.6. The molecule has 0 aliphatic heterocycles. The van der Waals surface area contributed by atoms with E-state index in [2.05, 4.69) is 11.1 Å². The van der Waals surface area contributed by atoms with E-state index in [-0.39, 0.29) is 11.8 Å². The molecule has 2 N–H and O–H groups in total. The molecule has 0 saturated heterocycles. The van der Waals surface area contributed by atoms with E-state index in [0.29, 0.717) is 18.0 Å². The number of methoxy groups -OCH3 is 1. The van der Waals surface area contributed by atoms with Crippen LogP contribution in [0, 0.1) is 0 Å². The number of hydrogen-bond donors (Lipinski definition) is 2. The number of allylic oxidation sites excluding steroid dienone is 2. The third-order valence-corrected chi connectivity index (χ3v) is 5.23. The summed E-state index contributed by atoms with van der Waals surface area (Å²) < 4.78 is 7.63. The van der Waals surface area contributed by atoms with Crippen molar-refractivity contribution in [3.63, 3.8) is 0 Å². The zero-order valence-corrected chi connectivity index (χ0v) is 13.6. The third-order valence-electron chi connectivity index (χ3n) is 4.21. The van der Waals surface area contributed by atoms with Crippen LogP contribution in [0.4, 0.5) is 0 Å². The molecule has 0 unspecified atom stereocenters. The number of ether oxygens (including phenoxy) is 1. The maximum Gasteiger partial charge on any atom is 0.204 e. The van der Waals surface area contributed by atoms with Gasteiger partial charge in [-0.05, 0) is 31.9 Å². The van der Waals surface area contributed by atoms with Gasteiger partial charge in [-0.1, -0.05) is 23.0 Å². The van der Waals surface area contributed by atoms with Crippen molar-refractivity contribution in [1.82, 2.24) is 9.55 Å². The molecule has 0 spiro atoms. The summed E-state index contributed by atoms with van der Waals surface area (Å²) in [5.74, 6) is 0.887. The van der Waals surface area contributed by atoms with E-state index in [1.54, 1.807) is 7.11 Å².